The molecule has 1 nitrogen and oxygen atoms in total. The third-order valence-corrected chi connectivity index (χ3v) is 3.74. The molecule has 2 aromatic carbocycles. The van der Waals surface area contributed by atoms with E-state index >= 15 is 0 Å². The summed E-state index contributed by atoms with van der Waals surface area (Å²) in [4.78, 5) is 0. The molecule has 0 aromatic heterocycles. The lowest BCUT2D eigenvalue weighted by atomic mass is 10.1. The zero-order chi connectivity index (χ0) is 13.7. The summed E-state index contributed by atoms with van der Waals surface area (Å²) in [6.45, 7) is 3.73. The minimum absolute atomic E-state index is 0.222. The summed E-state index contributed by atoms with van der Waals surface area (Å²) in [5, 5.41) is 3.40. The van der Waals surface area contributed by atoms with Gasteiger partial charge in [-0.2, -0.15) is 0 Å². The maximum atomic E-state index is 13.1. The van der Waals surface area contributed by atoms with Crippen LogP contribution in [0.3, 0.4) is 0 Å². The van der Waals surface area contributed by atoms with Crippen LogP contribution >= 0.6 is 15.9 Å². The van der Waals surface area contributed by atoms with Crippen molar-refractivity contribution in [2.75, 3.05) is 0 Å². The highest BCUT2D eigenvalue weighted by Crippen LogP contribution is 2.17. The van der Waals surface area contributed by atoms with Gasteiger partial charge in [0, 0.05) is 13.1 Å². The number of hydrogen-bond donors (Lipinski definition) is 1. The summed E-state index contributed by atoms with van der Waals surface area (Å²) in [6.07, 6.45) is 1.04. The summed E-state index contributed by atoms with van der Waals surface area (Å²) >= 11 is 3.20. The molecule has 2 aromatic rings. The van der Waals surface area contributed by atoms with Crippen molar-refractivity contribution >= 4 is 15.9 Å². The van der Waals surface area contributed by atoms with Gasteiger partial charge in [-0.05, 0) is 51.2 Å². The monoisotopic (exact) mass is 321 g/mol. The van der Waals surface area contributed by atoms with Gasteiger partial charge in [0.2, 0.25) is 0 Å². The van der Waals surface area contributed by atoms with Crippen LogP contribution in [0.2, 0.25) is 0 Å². The molecule has 0 atom stereocenters. The molecule has 0 aliphatic rings. The molecule has 100 valence electrons. The number of nitrogens with one attached hydrogen (secondary N) is 1. The minimum Gasteiger partial charge on any atom is -0.309 e. The van der Waals surface area contributed by atoms with Crippen molar-refractivity contribution in [1.82, 2.24) is 5.32 Å². The first-order chi connectivity index (χ1) is 9.20. The van der Waals surface area contributed by atoms with Gasteiger partial charge in [-0.1, -0.05) is 37.3 Å². The Hall–Kier alpha value is -1.19. The molecule has 1 N–H and O–H groups in total. The van der Waals surface area contributed by atoms with E-state index in [9.17, 15) is 4.39 Å². The normalized spacial score (nSPS) is 10.7. The molecule has 2 rings (SSSR count). The number of benzene rings is 2. The molecular formula is C16H17BrFN. The molecule has 0 spiro atoms. The Morgan fingerprint density at radius 1 is 1.05 bits per heavy atom. The van der Waals surface area contributed by atoms with E-state index < -0.39 is 0 Å². The fourth-order valence-electron chi connectivity index (χ4n) is 2.07. The van der Waals surface area contributed by atoms with Gasteiger partial charge in [0.25, 0.3) is 0 Å². The van der Waals surface area contributed by atoms with Gasteiger partial charge < -0.3 is 5.32 Å². The van der Waals surface area contributed by atoms with Gasteiger partial charge in [0.1, 0.15) is 5.82 Å². The molecule has 0 radical (unpaired) electrons. The van der Waals surface area contributed by atoms with E-state index in [1.807, 2.05) is 6.07 Å². The van der Waals surface area contributed by atoms with Crippen LogP contribution in [0.4, 0.5) is 4.39 Å². The fourth-order valence-corrected chi connectivity index (χ4v) is 2.49. The lowest BCUT2D eigenvalue weighted by Gasteiger charge is -2.09. The molecule has 19 heavy (non-hydrogen) atoms. The number of hydrogen-bond acceptors (Lipinski definition) is 1. The van der Waals surface area contributed by atoms with Gasteiger partial charge in [-0.25, -0.2) is 4.39 Å². The lowest BCUT2D eigenvalue weighted by Crippen LogP contribution is -2.14. The van der Waals surface area contributed by atoms with Crippen molar-refractivity contribution in [2.45, 2.75) is 26.4 Å². The van der Waals surface area contributed by atoms with Crippen LogP contribution in [0.1, 0.15) is 23.6 Å². The average molecular weight is 322 g/mol. The highest BCUT2D eigenvalue weighted by molar-refractivity contribution is 9.10. The summed E-state index contributed by atoms with van der Waals surface area (Å²) in [6, 6.07) is 13.5. The molecular weight excluding hydrogens is 305 g/mol. The Morgan fingerprint density at radius 3 is 2.47 bits per heavy atom. The van der Waals surface area contributed by atoms with Crippen molar-refractivity contribution in [3.63, 3.8) is 0 Å². The van der Waals surface area contributed by atoms with Crippen molar-refractivity contribution in [2.24, 2.45) is 0 Å². The predicted octanol–water partition coefficient (Wildman–Crippen LogP) is 4.44. The maximum Gasteiger partial charge on any atom is 0.137 e. The third-order valence-electron chi connectivity index (χ3n) is 3.13. The largest absolute Gasteiger partial charge is 0.309 e. The lowest BCUT2D eigenvalue weighted by molar-refractivity contribution is 0.618. The standard InChI is InChI=1S/C16H17BrFN/c1-2-13-5-3-4-6-14(13)11-19-10-12-7-8-16(18)15(17)9-12/h3-9,19H,2,10-11H2,1H3. The smallest absolute Gasteiger partial charge is 0.137 e. The second-order valence-corrected chi connectivity index (χ2v) is 5.33. The number of halogens is 2. The Balaban J connectivity index is 1.94. The van der Waals surface area contributed by atoms with Crippen molar-refractivity contribution in [1.29, 1.82) is 0 Å². The van der Waals surface area contributed by atoms with E-state index in [2.05, 4.69) is 52.4 Å². The topological polar surface area (TPSA) is 12.0 Å². The predicted molar refractivity (Wildman–Crippen MR) is 80.5 cm³/mol. The van der Waals surface area contributed by atoms with E-state index in [-0.39, 0.29) is 5.82 Å². The quantitative estimate of drug-likeness (QED) is 0.858. The molecule has 0 aliphatic carbocycles. The molecule has 3 heteroatoms. The summed E-state index contributed by atoms with van der Waals surface area (Å²) in [7, 11) is 0. The summed E-state index contributed by atoms with van der Waals surface area (Å²) in [5.74, 6) is -0.222. The van der Waals surface area contributed by atoms with E-state index in [0.717, 1.165) is 25.1 Å². The summed E-state index contributed by atoms with van der Waals surface area (Å²) in [5.41, 5.74) is 3.77. The molecule has 0 aliphatic heterocycles. The fraction of sp³-hybridized carbons (Fsp3) is 0.250. The summed E-state index contributed by atoms with van der Waals surface area (Å²) < 4.78 is 13.6. The van der Waals surface area contributed by atoms with Gasteiger partial charge in [-0.3, -0.25) is 0 Å². The zero-order valence-electron chi connectivity index (χ0n) is 10.9. The Morgan fingerprint density at radius 2 is 1.79 bits per heavy atom. The van der Waals surface area contributed by atoms with Crippen LogP contribution in [-0.4, -0.2) is 0 Å². The van der Waals surface area contributed by atoms with Gasteiger partial charge in [0.15, 0.2) is 0 Å². The maximum absolute atomic E-state index is 13.1. The molecule has 0 saturated heterocycles. The first kappa shape index (κ1) is 14.2. The number of rotatable bonds is 5. The first-order valence-electron chi connectivity index (χ1n) is 6.42. The minimum atomic E-state index is -0.222. The van der Waals surface area contributed by atoms with Crippen LogP contribution in [0.25, 0.3) is 0 Å². The zero-order valence-corrected chi connectivity index (χ0v) is 12.5. The highest BCUT2D eigenvalue weighted by atomic mass is 79.9. The molecule has 0 fully saturated rings. The van der Waals surface area contributed by atoms with E-state index in [1.165, 1.54) is 17.2 Å². The van der Waals surface area contributed by atoms with E-state index in [1.54, 1.807) is 6.07 Å². The van der Waals surface area contributed by atoms with Crippen molar-refractivity contribution in [3.05, 3.63) is 69.4 Å². The Labute approximate surface area is 122 Å². The van der Waals surface area contributed by atoms with Gasteiger partial charge >= 0.3 is 0 Å². The van der Waals surface area contributed by atoms with Crippen LogP contribution in [0.5, 0.6) is 0 Å². The average Bonchev–Trinajstić information content (AvgIpc) is 2.43. The third kappa shape index (κ3) is 3.88. The molecule has 0 unspecified atom stereocenters. The van der Waals surface area contributed by atoms with Crippen molar-refractivity contribution in [3.8, 4) is 0 Å². The second kappa shape index (κ2) is 6.83. The molecule has 0 saturated carbocycles. The van der Waals surface area contributed by atoms with Crippen LogP contribution in [-0.2, 0) is 19.5 Å². The highest BCUT2D eigenvalue weighted by Gasteiger charge is 2.02. The van der Waals surface area contributed by atoms with Crippen molar-refractivity contribution < 1.29 is 4.39 Å². The van der Waals surface area contributed by atoms with E-state index in [0.29, 0.717) is 4.47 Å². The molecule has 0 heterocycles. The van der Waals surface area contributed by atoms with Crippen LogP contribution < -0.4 is 5.32 Å². The van der Waals surface area contributed by atoms with Gasteiger partial charge in [-0.15, -0.1) is 0 Å². The SMILES string of the molecule is CCc1ccccc1CNCc1ccc(F)c(Br)c1. The molecule has 0 bridgehead atoms. The van der Waals surface area contributed by atoms with Crippen LogP contribution in [0, 0.1) is 5.82 Å². The van der Waals surface area contributed by atoms with E-state index in [4.69, 9.17) is 0 Å². The second-order valence-electron chi connectivity index (χ2n) is 4.47. The first-order valence-corrected chi connectivity index (χ1v) is 7.21. The Kier molecular flexibility index (Phi) is 5.11. The molecule has 0 amide bonds. The number of aryl methyl sites for hydroxylation is 1. The van der Waals surface area contributed by atoms with Crippen LogP contribution in [0.15, 0.2) is 46.9 Å². The van der Waals surface area contributed by atoms with Gasteiger partial charge in [0.05, 0.1) is 4.47 Å². The Bertz CT molecular complexity index is 554.